The van der Waals surface area contributed by atoms with Gasteiger partial charge in [-0.2, -0.15) is 0 Å². The molecule has 0 spiro atoms. The molecule has 4 heteroatoms. The van der Waals surface area contributed by atoms with Crippen molar-refractivity contribution in [2.45, 2.75) is 5.92 Å². The number of ketones is 1. The highest BCUT2D eigenvalue weighted by molar-refractivity contribution is 6.13. The predicted octanol–water partition coefficient (Wildman–Crippen LogP) is 2.60. The molecule has 1 aliphatic heterocycles. The van der Waals surface area contributed by atoms with E-state index in [0.29, 0.717) is 17.1 Å². The number of carbonyl (C=O) groups is 2. The van der Waals surface area contributed by atoms with Gasteiger partial charge in [0.1, 0.15) is 17.4 Å². The molecule has 1 amide bonds. The van der Waals surface area contributed by atoms with Crippen LogP contribution in [-0.2, 0) is 9.59 Å². The summed E-state index contributed by atoms with van der Waals surface area (Å²) in [4.78, 5) is 25.7. The van der Waals surface area contributed by atoms with Crippen molar-refractivity contribution in [3.63, 3.8) is 0 Å². The number of carbonyl (C=O) groups excluding carboxylic acids is 2. The molecular weight excluding hydrogens is 266 g/mol. The first-order valence-corrected chi connectivity index (χ1v) is 6.76. The van der Waals surface area contributed by atoms with Gasteiger partial charge in [0.2, 0.25) is 5.91 Å². The number of rotatable bonds is 3. The van der Waals surface area contributed by atoms with Crippen molar-refractivity contribution in [3.05, 3.63) is 60.2 Å². The Morgan fingerprint density at radius 3 is 2.33 bits per heavy atom. The Hall–Kier alpha value is -2.62. The number of hydrogen-bond acceptors (Lipinski definition) is 3. The zero-order valence-electron chi connectivity index (χ0n) is 11.7. The number of likely N-dealkylation sites (N-methyl/N-ethyl adjacent to an activating group) is 1. The maximum atomic E-state index is 12.2. The number of para-hydroxylation sites is 2. The van der Waals surface area contributed by atoms with Crippen LogP contribution in [0.3, 0.4) is 0 Å². The molecular formula is C17H15NO3. The first kappa shape index (κ1) is 13.4. The molecule has 0 aromatic heterocycles. The van der Waals surface area contributed by atoms with Crippen LogP contribution < -0.4 is 4.74 Å². The Kier molecular flexibility index (Phi) is 3.44. The third-order valence-corrected chi connectivity index (χ3v) is 3.54. The lowest BCUT2D eigenvalue weighted by molar-refractivity contribution is -0.128. The first-order chi connectivity index (χ1) is 10.2. The number of ether oxygens (including phenoxy) is 1. The third-order valence-electron chi connectivity index (χ3n) is 3.54. The molecule has 0 aliphatic carbocycles. The summed E-state index contributed by atoms with van der Waals surface area (Å²) in [6.45, 7) is 0.156. The van der Waals surface area contributed by atoms with Crippen LogP contribution in [0.2, 0.25) is 0 Å². The van der Waals surface area contributed by atoms with Gasteiger partial charge in [-0.1, -0.05) is 36.4 Å². The fraction of sp³-hybridized carbons (Fsp3) is 0.176. The Labute approximate surface area is 123 Å². The summed E-state index contributed by atoms with van der Waals surface area (Å²) < 4.78 is 5.83. The lowest BCUT2D eigenvalue weighted by Crippen LogP contribution is -2.21. The van der Waals surface area contributed by atoms with Crippen LogP contribution in [0.1, 0.15) is 11.5 Å². The predicted molar refractivity (Wildman–Crippen MR) is 78.3 cm³/mol. The Bertz CT molecular complexity index is 681. The summed E-state index contributed by atoms with van der Waals surface area (Å²) in [6.07, 6.45) is 0. The second-order valence-corrected chi connectivity index (χ2v) is 5.05. The summed E-state index contributed by atoms with van der Waals surface area (Å²) >= 11 is 0. The minimum absolute atomic E-state index is 0.0911. The van der Waals surface area contributed by atoms with E-state index in [1.54, 1.807) is 19.2 Å². The molecule has 0 N–H and O–H groups in total. The Morgan fingerprint density at radius 1 is 1.00 bits per heavy atom. The number of amides is 1. The molecule has 2 aromatic carbocycles. The SMILES string of the molecule is CN1CC(=O)C(c2ccccc2Oc2ccccc2)C1=O. The molecule has 1 fully saturated rings. The molecule has 1 atom stereocenters. The molecule has 1 aliphatic rings. The van der Waals surface area contributed by atoms with E-state index in [1.807, 2.05) is 42.5 Å². The zero-order valence-corrected chi connectivity index (χ0v) is 11.7. The maximum absolute atomic E-state index is 12.2. The van der Waals surface area contributed by atoms with E-state index in [-0.39, 0.29) is 18.2 Å². The van der Waals surface area contributed by atoms with E-state index >= 15 is 0 Å². The van der Waals surface area contributed by atoms with Crippen molar-refractivity contribution in [2.75, 3.05) is 13.6 Å². The van der Waals surface area contributed by atoms with E-state index in [4.69, 9.17) is 4.74 Å². The topological polar surface area (TPSA) is 46.6 Å². The van der Waals surface area contributed by atoms with Crippen molar-refractivity contribution in [1.82, 2.24) is 4.90 Å². The summed E-state index contributed by atoms with van der Waals surface area (Å²) in [5.74, 6) is 0.201. The van der Waals surface area contributed by atoms with Gasteiger partial charge < -0.3 is 9.64 Å². The molecule has 1 heterocycles. The van der Waals surface area contributed by atoms with Gasteiger partial charge in [0.05, 0.1) is 6.54 Å². The van der Waals surface area contributed by atoms with E-state index < -0.39 is 5.92 Å². The lowest BCUT2D eigenvalue weighted by Gasteiger charge is -2.14. The van der Waals surface area contributed by atoms with Gasteiger partial charge >= 0.3 is 0 Å². The monoisotopic (exact) mass is 281 g/mol. The molecule has 0 radical (unpaired) electrons. The number of hydrogen-bond donors (Lipinski definition) is 0. The molecule has 3 rings (SSSR count). The van der Waals surface area contributed by atoms with Crippen LogP contribution in [0, 0.1) is 0 Å². The quantitative estimate of drug-likeness (QED) is 0.812. The van der Waals surface area contributed by atoms with E-state index in [0.717, 1.165) is 0 Å². The highest BCUT2D eigenvalue weighted by atomic mass is 16.5. The second-order valence-electron chi connectivity index (χ2n) is 5.05. The van der Waals surface area contributed by atoms with E-state index in [9.17, 15) is 9.59 Å². The minimum atomic E-state index is -0.755. The van der Waals surface area contributed by atoms with Crippen molar-refractivity contribution < 1.29 is 14.3 Å². The largest absolute Gasteiger partial charge is 0.457 e. The van der Waals surface area contributed by atoms with Gasteiger partial charge in [-0.3, -0.25) is 9.59 Å². The van der Waals surface area contributed by atoms with Gasteiger partial charge in [0, 0.05) is 12.6 Å². The molecule has 2 aromatic rings. The van der Waals surface area contributed by atoms with Crippen molar-refractivity contribution in [3.8, 4) is 11.5 Å². The van der Waals surface area contributed by atoms with Gasteiger partial charge in [0.25, 0.3) is 0 Å². The van der Waals surface area contributed by atoms with Gasteiger partial charge in [0.15, 0.2) is 5.78 Å². The van der Waals surface area contributed by atoms with E-state index in [1.165, 1.54) is 4.90 Å². The van der Waals surface area contributed by atoms with Crippen molar-refractivity contribution >= 4 is 11.7 Å². The lowest BCUT2D eigenvalue weighted by atomic mass is 9.96. The average Bonchev–Trinajstić information content (AvgIpc) is 2.74. The standard InChI is InChI=1S/C17H15NO3/c1-18-11-14(19)16(17(18)20)13-9-5-6-10-15(13)21-12-7-3-2-4-8-12/h2-10,16H,11H2,1H3. The van der Waals surface area contributed by atoms with Crippen LogP contribution in [0.15, 0.2) is 54.6 Å². The van der Waals surface area contributed by atoms with Crippen LogP contribution in [0.4, 0.5) is 0 Å². The summed E-state index contributed by atoms with van der Waals surface area (Å²) in [6, 6.07) is 16.5. The highest BCUT2D eigenvalue weighted by Gasteiger charge is 2.39. The van der Waals surface area contributed by atoms with Crippen LogP contribution in [0.5, 0.6) is 11.5 Å². The zero-order chi connectivity index (χ0) is 14.8. The Morgan fingerprint density at radius 2 is 1.67 bits per heavy atom. The number of nitrogens with zero attached hydrogens (tertiary/aromatic N) is 1. The second kappa shape index (κ2) is 5.40. The summed E-state index contributed by atoms with van der Waals surface area (Å²) in [5.41, 5.74) is 0.626. The average molecular weight is 281 g/mol. The molecule has 4 nitrogen and oxygen atoms in total. The summed E-state index contributed by atoms with van der Waals surface area (Å²) in [7, 11) is 1.64. The first-order valence-electron chi connectivity index (χ1n) is 6.76. The molecule has 106 valence electrons. The fourth-order valence-corrected chi connectivity index (χ4v) is 2.49. The number of benzene rings is 2. The van der Waals surface area contributed by atoms with Crippen LogP contribution in [0.25, 0.3) is 0 Å². The van der Waals surface area contributed by atoms with Gasteiger partial charge in [-0.05, 0) is 18.2 Å². The van der Waals surface area contributed by atoms with Crippen LogP contribution in [-0.4, -0.2) is 30.2 Å². The minimum Gasteiger partial charge on any atom is -0.457 e. The molecule has 1 saturated heterocycles. The smallest absolute Gasteiger partial charge is 0.238 e. The third kappa shape index (κ3) is 2.52. The fourth-order valence-electron chi connectivity index (χ4n) is 2.49. The van der Waals surface area contributed by atoms with Crippen molar-refractivity contribution in [2.24, 2.45) is 0 Å². The molecule has 21 heavy (non-hydrogen) atoms. The molecule has 1 unspecified atom stereocenters. The maximum Gasteiger partial charge on any atom is 0.238 e. The van der Waals surface area contributed by atoms with Gasteiger partial charge in [-0.25, -0.2) is 0 Å². The normalized spacial score (nSPS) is 18.1. The van der Waals surface area contributed by atoms with Crippen LogP contribution >= 0.6 is 0 Å². The molecule has 0 bridgehead atoms. The summed E-state index contributed by atoms with van der Waals surface area (Å²) in [5, 5.41) is 0. The van der Waals surface area contributed by atoms with Gasteiger partial charge in [-0.15, -0.1) is 0 Å². The number of Topliss-reactive ketones (excluding diaryl/α,β-unsaturated/α-hetero) is 1. The Balaban J connectivity index is 1.97. The van der Waals surface area contributed by atoms with E-state index in [2.05, 4.69) is 0 Å². The van der Waals surface area contributed by atoms with Crippen molar-refractivity contribution in [1.29, 1.82) is 0 Å². The highest BCUT2D eigenvalue weighted by Crippen LogP contribution is 2.34. The molecule has 0 saturated carbocycles. The number of likely N-dealkylation sites (tertiary alicyclic amines) is 1.